The number of nitrogens with zero attached hydrogens (tertiary/aromatic N) is 2. The summed E-state index contributed by atoms with van der Waals surface area (Å²) >= 11 is 2.23. The van der Waals surface area contributed by atoms with E-state index in [4.69, 9.17) is 0 Å². The van der Waals surface area contributed by atoms with E-state index >= 15 is 0 Å². The van der Waals surface area contributed by atoms with E-state index in [9.17, 15) is 0 Å². The maximum absolute atomic E-state index is 4.09. The Morgan fingerprint density at radius 2 is 2.18 bits per heavy atom. The molecule has 0 aliphatic carbocycles. The second-order valence-corrected chi connectivity index (χ2v) is 3.05. The first-order valence-corrected chi connectivity index (χ1v) is 3.89. The lowest BCUT2D eigenvalue weighted by Crippen LogP contribution is -1.78. The number of hydrogen-bond donors (Lipinski definition) is 1. The molecule has 0 atom stereocenters. The maximum atomic E-state index is 4.09. The number of aromatic amines is 1. The summed E-state index contributed by atoms with van der Waals surface area (Å²) in [6, 6.07) is 1.93. The molecule has 2 aromatic heterocycles. The Kier molecular flexibility index (Phi) is 3.05. The molecule has 2 rings (SSSR count). The minimum absolute atomic E-state index is 0. The van der Waals surface area contributed by atoms with Crippen LogP contribution >= 0.6 is 46.6 Å². The number of rotatable bonds is 0. The van der Waals surface area contributed by atoms with Gasteiger partial charge in [0.15, 0.2) is 5.65 Å². The van der Waals surface area contributed by atoms with Crippen molar-refractivity contribution in [2.75, 3.05) is 0 Å². The topological polar surface area (TPSA) is 41.6 Å². The van der Waals surface area contributed by atoms with Crippen LogP contribution in [0.3, 0.4) is 0 Å². The first-order valence-electron chi connectivity index (χ1n) is 2.81. The molecule has 0 aliphatic rings. The fraction of sp³-hybridized carbons (Fsp3) is 0. The van der Waals surface area contributed by atoms with Crippen molar-refractivity contribution in [3.63, 3.8) is 0 Å². The Balaban J connectivity index is 0.000000605. The van der Waals surface area contributed by atoms with Gasteiger partial charge in [-0.15, -0.1) is 24.0 Å². The summed E-state index contributed by atoms with van der Waals surface area (Å²) in [6.45, 7) is 0. The molecule has 11 heavy (non-hydrogen) atoms. The molecule has 5 heteroatoms. The Hall–Kier alpha value is 0.0800. The number of nitrogens with one attached hydrogen (secondary N) is 1. The molecule has 58 valence electrons. The van der Waals surface area contributed by atoms with E-state index in [1.165, 1.54) is 0 Å². The third kappa shape index (κ3) is 1.63. The van der Waals surface area contributed by atoms with Crippen molar-refractivity contribution >= 4 is 57.7 Å². The normalized spacial score (nSPS) is 9.55. The monoisotopic (exact) mass is 373 g/mol. The van der Waals surface area contributed by atoms with Crippen LogP contribution in [0.25, 0.3) is 11.2 Å². The summed E-state index contributed by atoms with van der Waals surface area (Å²) in [5, 5.41) is 0. The van der Waals surface area contributed by atoms with Crippen LogP contribution in [0.2, 0.25) is 0 Å². The van der Waals surface area contributed by atoms with E-state index in [2.05, 4.69) is 37.5 Å². The van der Waals surface area contributed by atoms with Gasteiger partial charge in [-0.1, -0.05) is 0 Å². The standard InChI is InChI=1S/C6H4IN3.HI/c7-4-1-2-8-6-5(4)9-3-10-6;/h1-3H,(H,8,9,10);1H. The van der Waals surface area contributed by atoms with Gasteiger partial charge in [0.05, 0.1) is 6.33 Å². The van der Waals surface area contributed by atoms with Crippen molar-refractivity contribution in [2.24, 2.45) is 0 Å². The van der Waals surface area contributed by atoms with Gasteiger partial charge in [0, 0.05) is 9.77 Å². The van der Waals surface area contributed by atoms with Crippen molar-refractivity contribution in [2.45, 2.75) is 0 Å². The van der Waals surface area contributed by atoms with Crippen molar-refractivity contribution in [1.29, 1.82) is 0 Å². The number of H-pyrrole nitrogens is 1. The largest absolute Gasteiger partial charge is 0.329 e. The maximum Gasteiger partial charge on any atom is 0.158 e. The lowest BCUT2D eigenvalue weighted by atomic mass is 10.4. The van der Waals surface area contributed by atoms with Crippen LogP contribution in [-0.2, 0) is 0 Å². The number of pyridine rings is 1. The highest BCUT2D eigenvalue weighted by Gasteiger charge is 1.98. The molecule has 0 aliphatic heterocycles. The van der Waals surface area contributed by atoms with Gasteiger partial charge in [0.2, 0.25) is 0 Å². The molecular weight excluding hydrogens is 368 g/mol. The van der Waals surface area contributed by atoms with Crippen molar-refractivity contribution in [3.8, 4) is 0 Å². The first kappa shape index (κ1) is 9.17. The fourth-order valence-electron chi connectivity index (χ4n) is 0.817. The summed E-state index contributed by atoms with van der Waals surface area (Å²) in [5.41, 5.74) is 1.80. The van der Waals surface area contributed by atoms with E-state index in [-0.39, 0.29) is 24.0 Å². The summed E-state index contributed by atoms with van der Waals surface area (Å²) in [4.78, 5) is 11.1. The Labute approximate surface area is 94.2 Å². The van der Waals surface area contributed by atoms with Crippen molar-refractivity contribution in [1.82, 2.24) is 15.0 Å². The Bertz CT molecular complexity index is 357. The predicted octanol–water partition coefficient (Wildman–Crippen LogP) is 2.18. The van der Waals surface area contributed by atoms with Gasteiger partial charge in [-0.2, -0.15) is 0 Å². The number of halogens is 2. The van der Waals surface area contributed by atoms with Crippen LogP contribution in [-0.4, -0.2) is 15.0 Å². The fourth-order valence-corrected chi connectivity index (χ4v) is 1.37. The van der Waals surface area contributed by atoms with Gasteiger partial charge in [-0.25, -0.2) is 9.97 Å². The van der Waals surface area contributed by atoms with Gasteiger partial charge < -0.3 is 4.98 Å². The highest BCUT2D eigenvalue weighted by atomic mass is 127. The van der Waals surface area contributed by atoms with Crippen LogP contribution in [0.1, 0.15) is 0 Å². The lowest BCUT2D eigenvalue weighted by molar-refractivity contribution is 1.30. The molecule has 0 saturated carbocycles. The molecule has 2 heterocycles. The Morgan fingerprint density at radius 3 is 2.91 bits per heavy atom. The molecular formula is C6H5I2N3. The van der Waals surface area contributed by atoms with E-state index in [1.807, 2.05) is 6.07 Å². The van der Waals surface area contributed by atoms with Crippen LogP contribution < -0.4 is 0 Å². The first-order chi connectivity index (χ1) is 4.88. The van der Waals surface area contributed by atoms with E-state index in [0.717, 1.165) is 14.7 Å². The molecule has 0 amide bonds. The van der Waals surface area contributed by atoms with Crippen LogP contribution in [0.4, 0.5) is 0 Å². The summed E-state index contributed by atoms with van der Waals surface area (Å²) in [5.74, 6) is 0. The third-order valence-electron chi connectivity index (χ3n) is 1.27. The smallest absolute Gasteiger partial charge is 0.158 e. The quantitative estimate of drug-likeness (QED) is 0.720. The molecule has 0 aromatic carbocycles. The zero-order valence-corrected chi connectivity index (χ0v) is 9.90. The minimum atomic E-state index is 0. The minimum Gasteiger partial charge on any atom is -0.329 e. The van der Waals surface area contributed by atoms with Crippen molar-refractivity contribution in [3.05, 3.63) is 22.2 Å². The summed E-state index contributed by atoms with van der Waals surface area (Å²) < 4.78 is 1.13. The van der Waals surface area contributed by atoms with Crippen LogP contribution in [0.15, 0.2) is 18.6 Å². The predicted molar refractivity (Wildman–Crippen MR) is 62.0 cm³/mol. The molecule has 3 nitrogen and oxygen atoms in total. The second-order valence-electron chi connectivity index (χ2n) is 1.89. The molecule has 0 unspecified atom stereocenters. The van der Waals surface area contributed by atoms with Crippen molar-refractivity contribution < 1.29 is 0 Å². The number of hydrogen-bond acceptors (Lipinski definition) is 2. The highest BCUT2D eigenvalue weighted by molar-refractivity contribution is 14.1. The number of fused-ring (bicyclic) bond motifs is 1. The van der Waals surface area contributed by atoms with Gasteiger partial charge in [-0.3, -0.25) is 0 Å². The molecule has 0 radical (unpaired) electrons. The van der Waals surface area contributed by atoms with E-state index in [0.29, 0.717) is 0 Å². The Morgan fingerprint density at radius 1 is 1.36 bits per heavy atom. The molecule has 0 saturated heterocycles. The summed E-state index contributed by atoms with van der Waals surface area (Å²) in [7, 11) is 0. The molecule has 1 N–H and O–H groups in total. The van der Waals surface area contributed by atoms with Gasteiger partial charge in [0.25, 0.3) is 0 Å². The average Bonchev–Trinajstić information content (AvgIpc) is 2.36. The zero-order chi connectivity index (χ0) is 6.97. The van der Waals surface area contributed by atoms with Gasteiger partial charge >= 0.3 is 0 Å². The number of imidazole rings is 1. The number of aromatic nitrogens is 3. The van der Waals surface area contributed by atoms with Crippen LogP contribution in [0, 0.1) is 3.57 Å². The molecule has 2 aromatic rings. The molecule has 0 fully saturated rings. The highest BCUT2D eigenvalue weighted by Crippen LogP contribution is 2.13. The SMILES string of the molecule is I.Ic1ccnc2[nH]cnc12. The lowest BCUT2D eigenvalue weighted by Gasteiger charge is -1.87. The molecule has 0 bridgehead atoms. The third-order valence-corrected chi connectivity index (χ3v) is 2.14. The van der Waals surface area contributed by atoms with Gasteiger partial charge in [0.1, 0.15) is 5.52 Å². The van der Waals surface area contributed by atoms with Crippen LogP contribution in [0.5, 0.6) is 0 Å². The molecule has 0 spiro atoms. The second kappa shape index (κ2) is 3.65. The average molecular weight is 373 g/mol. The summed E-state index contributed by atoms with van der Waals surface area (Å²) in [6.07, 6.45) is 3.42. The zero-order valence-electron chi connectivity index (χ0n) is 5.41. The van der Waals surface area contributed by atoms with Gasteiger partial charge in [-0.05, 0) is 28.7 Å². The van der Waals surface area contributed by atoms with E-state index in [1.54, 1.807) is 12.5 Å². The van der Waals surface area contributed by atoms with E-state index < -0.39 is 0 Å².